The number of halogens is 1. The molecule has 4 fully saturated rings. The number of hydrogen-bond donors (Lipinski definition) is 3. The molecule has 1 unspecified atom stereocenters. The molecule has 4 aliphatic heterocycles. The molecule has 47 heavy (non-hydrogen) atoms. The number of nitrogens with one attached hydrogen (secondary N) is 1. The molecule has 14 heteroatoms. The number of anilines is 1. The van der Waals surface area contributed by atoms with Crippen LogP contribution < -0.4 is 10.2 Å². The van der Waals surface area contributed by atoms with Gasteiger partial charge in [-0.3, -0.25) is 18.9 Å². The van der Waals surface area contributed by atoms with Crippen molar-refractivity contribution in [1.82, 2.24) is 15.1 Å². The quantitative estimate of drug-likeness (QED) is 0.316. The van der Waals surface area contributed by atoms with Crippen molar-refractivity contribution in [1.29, 1.82) is 0 Å². The van der Waals surface area contributed by atoms with Gasteiger partial charge in [0.1, 0.15) is 12.1 Å². The molecule has 1 aromatic heterocycles. The van der Waals surface area contributed by atoms with Crippen LogP contribution in [0.15, 0.2) is 48.5 Å². The lowest BCUT2D eigenvalue weighted by Crippen LogP contribution is -2.58. The molecule has 0 radical (unpaired) electrons. The van der Waals surface area contributed by atoms with Gasteiger partial charge in [0.15, 0.2) is 0 Å². The molecule has 4 atom stereocenters. The van der Waals surface area contributed by atoms with E-state index in [1.165, 1.54) is 35.5 Å². The number of alkyl halides is 1. The number of benzene rings is 2. The van der Waals surface area contributed by atoms with E-state index < -0.39 is 31.5 Å². The average molecular weight is 685 g/mol. The maximum Gasteiger partial charge on any atom is 0.363 e. The van der Waals surface area contributed by atoms with Crippen molar-refractivity contribution in [3.8, 4) is 0 Å². The lowest BCUT2D eigenvalue weighted by Gasteiger charge is -2.44. The van der Waals surface area contributed by atoms with E-state index in [0.717, 1.165) is 43.7 Å². The third kappa shape index (κ3) is 6.31. The van der Waals surface area contributed by atoms with E-state index in [-0.39, 0.29) is 29.3 Å². The maximum atomic E-state index is 14.3. The van der Waals surface area contributed by atoms with Crippen molar-refractivity contribution >= 4 is 52.4 Å². The zero-order valence-electron chi connectivity index (χ0n) is 25.8. The average Bonchev–Trinajstić information content (AvgIpc) is 3.64. The molecule has 7 rings (SSSR count). The fourth-order valence-corrected chi connectivity index (χ4v) is 8.97. The van der Waals surface area contributed by atoms with Gasteiger partial charge in [0, 0.05) is 48.5 Å². The summed E-state index contributed by atoms with van der Waals surface area (Å²) in [4.78, 5) is 65.8. The van der Waals surface area contributed by atoms with Crippen LogP contribution in [0.5, 0.6) is 0 Å². The highest BCUT2D eigenvalue weighted by molar-refractivity contribution is 7.51. The summed E-state index contributed by atoms with van der Waals surface area (Å²) < 4.78 is 31.8. The Bertz CT molecular complexity index is 1740. The summed E-state index contributed by atoms with van der Waals surface area (Å²) in [6.07, 6.45) is 3.32. The molecule has 0 spiro atoms. The number of ether oxygens (including phenoxy) is 1. The number of para-hydroxylation sites is 1. The highest BCUT2D eigenvalue weighted by atomic mass is 32.1. The molecule has 3 N–H and O–H groups in total. The zero-order valence-corrected chi connectivity index (χ0v) is 27.5. The van der Waals surface area contributed by atoms with Gasteiger partial charge in [0.25, 0.3) is 5.91 Å². The molecule has 11 nitrogen and oxygen atoms in total. The van der Waals surface area contributed by atoms with Crippen LogP contribution in [0, 0.1) is 0 Å². The largest absolute Gasteiger partial charge is 0.378 e. The predicted molar refractivity (Wildman–Crippen MR) is 175 cm³/mol. The standard InChI is InChI=1S/C33H38FN4O7PS/c34-30(46(42,43)44)20-8-11-28-21(16-20)17-29(47-28)31(39)35-25-6-3-4-23-9-10-27(38(23)32(25)40)33(41)37-18-22(19-37)24-5-1-2-7-26(24)36-12-14-45-15-13-36/h1-2,5,7-8,11,16-17,22-23,25,27,30H,3-4,6,9-10,12-15,18-19H2,(H,35,39)(H2,42,43,44)/t23-,25-,27-,30?/m0/s1. The van der Waals surface area contributed by atoms with E-state index in [0.29, 0.717) is 54.1 Å². The number of carbonyl (C=O) groups excluding carboxylic acids is 3. The van der Waals surface area contributed by atoms with E-state index in [1.807, 2.05) is 17.0 Å². The first-order valence-electron chi connectivity index (χ1n) is 16.1. The topological polar surface area (TPSA) is 140 Å². The number of carbonyl (C=O) groups is 3. The minimum absolute atomic E-state index is 0.0327. The number of amides is 3. The third-order valence-corrected chi connectivity index (χ3v) is 11.9. The van der Waals surface area contributed by atoms with Crippen molar-refractivity contribution in [3.05, 3.63) is 64.5 Å². The van der Waals surface area contributed by atoms with Crippen LogP contribution in [0.4, 0.5) is 10.1 Å². The van der Waals surface area contributed by atoms with E-state index >= 15 is 0 Å². The molecule has 0 saturated carbocycles. The van der Waals surface area contributed by atoms with Crippen LogP contribution in [-0.4, -0.2) is 94.8 Å². The van der Waals surface area contributed by atoms with Gasteiger partial charge in [-0.15, -0.1) is 11.3 Å². The highest BCUT2D eigenvalue weighted by Gasteiger charge is 2.48. The van der Waals surface area contributed by atoms with Gasteiger partial charge >= 0.3 is 7.60 Å². The number of nitrogens with zero attached hydrogens (tertiary/aromatic N) is 3. The van der Waals surface area contributed by atoms with E-state index in [9.17, 15) is 33.1 Å². The van der Waals surface area contributed by atoms with Crippen LogP contribution in [0.3, 0.4) is 0 Å². The molecule has 0 bridgehead atoms. The predicted octanol–water partition coefficient (Wildman–Crippen LogP) is 4.15. The number of morpholine rings is 1. The molecule has 3 amide bonds. The summed E-state index contributed by atoms with van der Waals surface area (Å²) in [6, 6.07) is 12.7. The van der Waals surface area contributed by atoms with Crippen LogP contribution in [-0.2, 0) is 18.9 Å². The first-order chi connectivity index (χ1) is 22.6. The van der Waals surface area contributed by atoms with Crippen molar-refractivity contribution in [2.24, 2.45) is 0 Å². The van der Waals surface area contributed by atoms with Gasteiger partial charge in [-0.05, 0) is 72.9 Å². The van der Waals surface area contributed by atoms with Crippen molar-refractivity contribution in [2.75, 3.05) is 44.3 Å². The summed E-state index contributed by atoms with van der Waals surface area (Å²) >= 11 is 1.15. The Morgan fingerprint density at radius 2 is 1.79 bits per heavy atom. The van der Waals surface area contributed by atoms with Gasteiger partial charge in [0.2, 0.25) is 17.7 Å². The first-order valence-corrected chi connectivity index (χ1v) is 18.6. The van der Waals surface area contributed by atoms with E-state index in [4.69, 9.17) is 4.74 Å². The highest BCUT2D eigenvalue weighted by Crippen LogP contribution is 2.53. The number of thiophene rings is 1. The summed E-state index contributed by atoms with van der Waals surface area (Å²) in [5, 5.41) is 3.36. The van der Waals surface area contributed by atoms with Crippen molar-refractivity contribution < 1.29 is 37.9 Å². The van der Waals surface area contributed by atoms with Crippen LogP contribution in [0.25, 0.3) is 10.1 Å². The number of likely N-dealkylation sites (tertiary alicyclic amines) is 1. The summed E-state index contributed by atoms with van der Waals surface area (Å²) in [5.41, 5.74) is 2.27. The summed E-state index contributed by atoms with van der Waals surface area (Å²) in [7, 11) is -4.97. The smallest absolute Gasteiger partial charge is 0.363 e. The van der Waals surface area contributed by atoms with Gasteiger partial charge in [-0.25, -0.2) is 4.39 Å². The van der Waals surface area contributed by atoms with Gasteiger partial charge in [0.05, 0.1) is 18.1 Å². The SMILES string of the molecule is O=C(N[C@H]1CCC[C@H]2CC[C@@H](C(=O)N3CC(c4ccccc4N4CCOCC4)C3)N2C1=O)c1cc2cc(C(F)P(=O)(O)O)ccc2s1. The van der Waals surface area contributed by atoms with Crippen LogP contribution >= 0.6 is 18.9 Å². The van der Waals surface area contributed by atoms with E-state index in [2.05, 4.69) is 22.3 Å². The van der Waals surface area contributed by atoms with E-state index in [1.54, 1.807) is 4.90 Å². The van der Waals surface area contributed by atoms with Crippen LogP contribution in [0.1, 0.15) is 64.7 Å². The molecule has 4 aliphatic rings. The Hall–Kier alpha value is -3.35. The Morgan fingerprint density at radius 3 is 2.55 bits per heavy atom. The summed E-state index contributed by atoms with van der Waals surface area (Å²) in [6.45, 7) is 4.29. The Labute approximate surface area is 275 Å². The van der Waals surface area contributed by atoms with Crippen molar-refractivity contribution in [2.45, 2.75) is 62.1 Å². The Morgan fingerprint density at radius 1 is 1.02 bits per heavy atom. The lowest BCUT2D eigenvalue weighted by molar-refractivity contribution is -0.148. The molecule has 2 aromatic carbocycles. The second-order valence-corrected chi connectivity index (χ2v) is 15.6. The second kappa shape index (κ2) is 12.9. The lowest BCUT2D eigenvalue weighted by atomic mass is 9.89. The molecule has 5 heterocycles. The number of hydrogen-bond acceptors (Lipinski definition) is 7. The monoisotopic (exact) mass is 684 g/mol. The first kappa shape index (κ1) is 32.2. The minimum atomic E-state index is -4.97. The molecular weight excluding hydrogens is 646 g/mol. The third-order valence-electron chi connectivity index (χ3n) is 9.93. The Balaban J connectivity index is 1.01. The molecular formula is C33H38FN4O7PS. The van der Waals surface area contributed by atoms with Gasteiger partial charge in [-0.1, -0.05) is 24.3 Å². The number of fused-ring (bicyclic) bond motifs is 2. The fraction of sp³-hybridized carbons (Fsp3) is 0.485. The van der Waals surface area contributed by atoms with Crippen molar-refractivity contribution in [3.63, 3.8) is 0 Å². The number of rotatable bonds is 7. The molecule has 250 valence electrons. The molecule has 3 aromatic rings. The van der Waals surface area contributed by atoms with Crippen LogP contribution in [0.2, 0.25) is 0 Å². The Kier molecular flexibility index (Phi) is 8.86. The summed E-state index contributed by atoms with van der Waals surface area (Å²) in [5.74, 6) is -2.95. The maximum absolute atomic E-state index is 14.3. The normalized spacial score (nSPS) is 24.5. The minimum Gasteiger partial charge on any atom is -0.378 e. The molecule has 4 saturated heterocycles. The fourth-order valence-electron chi connectivity index (χ4n) is 7.47. The molecule has 0 aliphatic carbocycles. The zero-order chi connectivity index (χ0) is 32.9. The second-order valence-electron chi connectivity index (χ2n) is 12.9. The van der Waals surface area contributed by atoms with Gasteiger partial charge < -0.3 is 34.5 Å². The van der Waals surface area contributed by atoms with Gasteiger partial charge in [-0.2, -0.15) is 0 Å².